The van der Waals surface area contributed by atoms with E-state index in [1.807, 2.05) is 0 Å². The molecule has 3 amide bonds. The highest BCUT2D eigenvalue weighted by Gasteiger charge is 2.48. The number of anilines is 1. The molecule has 226 valence electrons. The summed E-state index contributed by atoms with van der Waals surface area (Å²) in [7, 11) is 0. The van der Waals surface area contributed by atoms with Crippen LogP contribution in [0, 0.1) is 11.8 Å². The van der Waals surface area contributed by atoms with E-state index in [2.05, 4.69) is 33.2 Å². The minimum atomic E-state index is -1.17. The molecule has 1 saturated heterocycles. The molecule has 0 saturated carbocycles. The second-order valence-corrected chi connectivity index (χ2v) is 11.4. The van der Waals surface area contributed by atoms with Crippen LogP contribution in [0.5, 0.6) is 0 Å². The summed E-state index contributed by atoms with van der Waals surface area (Å²) >= 11 is 2.40. The van der Waals surface area contributed by atoms with Gasteiger partial charge in [0.1, 0.15) is 0 Å². The van der Waals surface area contributed by atoms with Crippen LogP contribution in [0.2, 0.25) is 0 Å². The Morgan fingerprint density at radius 3 is 2.12 bits per heavy atom. The van der Waals surface area contributed by atoms with Crippen LogP contribution in [0.1, 0.15) is 84.9 Å². The van der Waals surface area contributed by atoms with E-state index >= 15 is 0 Å². The highest BCUT2D eigenvalue weighted by atomic mass is 127. The van der Waals surface area contributed by atoms with Gasteiger partial charge in [-0.1, -0.05) is 54.0 Å². The van der Waals surface area contributed by atoms with Crippen molar-refractivity contribution < 1.29 is 38.2 Å². The first-order chi connectivity index (χ1) is 19.9. The topological polar surface area (TPSA) is 137 Å². The highest BCUT2D eigenvalue weighted by Crippen LogP contribution is 2.38. The maximum absolute atomic E-state index is 13.2. The first kappa shape index (κ1) is 33.3. The van der Waals surface area contributed by atoms with Crippen LogP contribution < -0.4 is 10.6 Å². The Labute approximate surface area is 255 Å². The third-order valence-electron chi connectivity index (χ3n) is 7.21. The lowest BCUT2D eigenvalue weighted by molar-refractivity contribution is -0.137. The van der Waals surface area contributed by atoms with Crippen LogP contribution in [0.4, 0.5) is 5.69 Å². The molecule has 1 heterocycles. The van der Waals surface area contributed by atoms with Gasteiger partial charge in [0, 0.05) is 31.6 Å². The van der Waals surface area contributed by atoms with Crippen LogP contribution in [-0.4, -0.2) is 73.4 Å². The second-order valence-electron chi connectivity index (χ2n) is 10.3. The number of amides is 3. The number of carbonyl (C=O) groups is 5. The number of benzene rings is 1. The highest BCUT2D eigenvalue weighted by molar-refractivity contribution is 14.1. The summed E-state index contributed by atoms with van der Waals surface area (Å²) in [4.78, 5) is 62.5. The third-order valence-corrected chi connectivity index (χ3v) is 7.97. The van der Waals surface area contributed by atoms with Crippen molar-refractivity contribution in [3.63, 3.8) is 0 Å². The summed E-state index contributed by atoms with van der Waals surface area (Å²) in [6.45, 7) is 3.58. The van der Waals surface area contributed by atoms with E-state index in [1.54, 1.807) is 12.1 Å². The number of fused-ring (bicyclic) bond motifs is 1. The fraction of sp³-hybridized carbons (Fsp3) is 0.633. The van der Waals surface area contributed by atoms with Crippen molar-refractivity contribution in [2.45, 2.75) is 64.2 Å². The number of unbranched alkanes of at least 4 members (excludes halogenated alkanes) is 5. The fourth-order valence-electron chi connectivity index (χ4n) is 5.04. The molecule has 2 N–H and O–H groups in total. The monoisotopic (exact) mass is 684 g/mol. The van der Waals surface area contributed by atoms with Gasteiger partial charge in [0.05, 0.1) is 49.5 Å². The molecule has 2 atom stereocenters. The number of hydrogen-bond acceptors (Lipinski definition) is 8. The third kappa shape index (κ3) is 10.5. The van der Waals surface area contributed by atoms with Gasteiger partial charge in [-0.15, -0.1) is 0 Å². The van der Waals surface area contributed by atoms with Crippen LogP contribution in [0.15, 0.2) is 18.2 Å². The number of hydrogen-bond donors (Lipinski definition) is 2. The molecule has 0 aromatic heterocycles. The van der Waals surface area contributed by atoms with Crippen molar-refractivity contribution in [2.24, 2.45) is 11.8 Å². The van der Waals surface area contributed by atoms with Gasteiger partial charge in [0.2, 0.25) is 17.7 Å². The second kappa shape index (κ2) is 18.3. The fourth-order valence-corrected chi connectivity index (χ4v) is 5.58. The average Bonchev–Trinajstić information content (AvgIpc) is 3.20. The summed E-state index contributed by atoms with van der Waals surface area (Å²) < 4.78 is 17.9. The largest absolute Gasteiger partial charge is 0.379 e. The number of rotatable bonds is 20. The molecule has 0 spiro atoms. The van der Waals surface area contributed by atoms with Crippen molar-refractivity contribution >= 4 is 57.6 Å². The van der Waals surface area contributed by atoms with E-state index in [0.717, 1.165) is 25.9 Å². The van der Waals surface area contributed by atoms with Crippen LogP contribution in [0.3, 0.4) is 0 Å². The zero-order valence-corrected chi connectivity index (χ0v) is 25.7. The van der Waals surface area contributed by atoms with Gasteiger partial charge in [-0.2, -0.15) is 0 Å². The van der Waals surface area contributed by atoms with Gasteiger partial charge in [0.15, 0.2) is 11.6 Å². The maximum atomic E-state index is 13.2. The number of ether oxygens (including phenoxy) is 3. The number of ketones is 2. The average molecular weight is 685 g/mol. The molecule has 2 unspecified atom stereocenters. The quantitative estimate of drug-likeness (QED) is 0.0684. The standard InChI is InChI=1S/C30H41IN2O8/c31-14-5-1-2-6-15-39-17-19-41-20-18-40-16-7-3-4-11-24(34)32-23-10-8-9-21-26(23)29(37)27(28(21)36)22-12-13-25(35)33-30(22)38/h8-10,22,27H,1-7,11-20H2,(H,32,34)(H,33,35,38). The zero-order chi connectivity index (χ0) is 29.5. The van der Waals surface area contributed by atoms with Crippen LogP contribution in [0.25, 0.3) is 0 Å². The summed E-state index contributed by atoms with van der Waals surface area (Å²) in [5.41, 5.74) is 0.625. The number of halogens is 1. The summed E-state index contributed by atoms with van der Waals surface area (Å²) in [6, 6.07) is 4.73. The smallest absolute Gasteiger partial charge is 0.230 e. The van der Waals surface area contributed by atoms with Crippen LogP contribution in [-0.2, 0) is 28.6 Å². The molecule has 3 rings (SSSR count). The van der Waals surface area contributed by atoms with Gasteiger partial charge in [-0.25, -0.2) is 0 Å². The Hall–Kier alpha value is -2.22. The van der Waals surface area contributed by atoms with Gasteiger partial charge in [-0.05, 0) is 42.6 Å². The first-order valence-corrected chi connectivity index (χ1v) is 16.1. The van der Waals surface area contributed by atoms with Crippen LogP contribution >= 0.6 is 22.6 Å². The van der Waals surface area contributed by atoms with Crippen molar-refractivity contribution in [3.8, 4) is 0 Å². The number of alkyl halides is 1. The van der Waals surface area contributed by atoms with Crippen molar-refractivity contribution in [1.29, 1.82) is 0 Å². The molecule has 10 nitrogen and oxygen atoms in total. The zero-order valence-electron chi connectivity index (χ0n) is 23.6. The Morgan fingerprint density at radius 2 is 1.46 bits per heavy atom. The first-order valence-electron chi connectivity index (χ1n) is 14.6. The number of carbonyl (C=O) groups excluding carboxylic acids is 5. The predicted molar refractivity (Wildman–Crippen MR) is 161 cm³/mol. The van der Waals surface area contributed by atoms with E-state index in [0.29, 0.717) is 39.5 Å². The Bertz CT molecular complexity index is 1060. The SMILES string of the molecule is O=C1CCC(C2C(=O)c3cccc(NC(=O)CCCCCOCCOCCOCCCCCCI)c3C2=O)C(=O)N1. The lowest BCUT2D eigenvalue weighted by Crippen LogP contribution is -2.46. The van der Waals surface area contributed by atoms with Gasteiger partial charge in [-0.3, -0.25) is 29.3 Å². The van der Waals surface area contributed by atoms with Crippen molar-refractivity contribution in [1.82, 2.24) is 5.32 Å². The number of imide groups is 1. The normalized spacial score (nSPS) is 18.5. The molecular formula is C30H41IN2O8. The lowest BCUT2D eigenvalue weighted by Gasteiger charge is -2.24. The molecule has 1 fully saturated rings. The molecule has 1 aromatic carbocycles. The van der Waals surface area contributed by atoms with E-state index in [1.165, 1.54) is 29.8 Å². The number of Topliss-reactive ketones (excluding diaryl/α,β-unsaturated/α-hetero) is 2. The summed E-state index contributed by atoms with van der Waals surface area (Å²) in [6.07, 6.45) is 7.64. The number of piperidine rings is 1. The summed E-state index contributed by atoms with van der Waals surface area (Å²) in [5, 5.41) is 4.98. The van der Waals surface area contributed by atoms with E-state index in [-0.39, 0.29) is 42.0 Å². The van der Waals surface area contributed by atoms with E-state index < -0.39 is 35.2 Å². The van der Waals surface area contributed by atoms with Gasteiger partial charge >= 0.3 is 0 Å². The lowest BCUT2D eigenvalue weighted by atomic mass is 9.82. The molecule has 11 heteroatoms. The molecule has 1 aliphatic heterocycles. The van der Waals surface area contributed by atoms with Gasteiger partial charge < -0.3 is 19.5 Å². The van der Waals surface area contributed by atoms with E-state index in [9.17, 15) is 24.0 Å². The van der Waals surface area contributed by atoms with E-state index in [4.69, 9.17) is 14.2 Å². The molecule has 2 aliphatic rings. The molecular weight excluding hydrogens is 643 g/mol. The van der Waals surface area contributed by atoms with Gasteiger partial charge in [0.25, 0.3) is 0 Å². The summed E-state index contributed by atoms with van der Waals surface area (Å²) in [5.74, 6) is -4.24. The predicted octanol–water partition coefficient (Wildman–Crippen LogP) is 4.28. The van der Waals surface area contributed by atoms with Crippen molar-refractivity contribution in [3.05, 3.63) is 29.3 Å². The Morgan fingerprint density at radius 1 is 0.829 bits per heavy atom. The minimum Gasteiger partial charge on any atom is -0.379 e. The minimum absolute atomic E-state index is 0.0842. The van der Waals surface area contributed by atoms with Crippen molar-refractivity contribution in [2.75, 3.05) is 49.4 Å². The Balaban J connectivity index is 1.26. The number of nitrogens with one attached hydrogen (secondary N) is 2. The molecule has 0 radical (unpaired) electrons. The Kier molecular flexibility index (Phi) is 14.9. The molecule has 1 aliphatic carbocycles. The molecule has 41 heavy (non-hydrogen) atoms. The molecule has 0 bridgehead atoms. The maximum Gasteiger partial charge on any atom is 0.230 e. The molecule has 1 aromatic rings.